The van der Waals surface area contributed by atoms with Crippen molar-refractivity contribution >= 4 is 51.6 Å². The fourth-order valence-electron chi connectivity index (χ4n) is 2.75. The number of carbonyl (C=O) groups excluding carboxylic acids is 1. The number of aliphatic imine (C=N–C) groups is 1. The molecule has 1 amide bonds. The van der Waals surface area contributed by atoms with E-state index in [0.29, 0.717) is 5.17 Å². The van der Waals surface area contributed by atoms with Crippen LogP contribution < -0.4 is 0 Å². The number of nitrogens with zero attached hydrogens (tertiary/aromatic N) is 3. The zero-order valence-electron chi connectivity index (χ0n) is 14.8. The monoisotopic (exact) mass is 392 g/mol. The third-order valence-electron chi connectivity index (χ3n) is 4.15. The molecular weight excluding hydrogens is 376 g/mol. The maximum atomic E-state index is 12.5. The van der Waals surface area contributed by atoms with Gasteiger partial charge in [-0.3, -0.25) is 10.2 Å². The number of thioether (sulfide) groups is 2. The zero-order chi connectivity index (χ0) is 19.0. The van der Waals surface area contributed by atoms with Crippen molar-refractivity contribution in [3.8, 4) is 0 Å². The largest absolute Gasteiger partial charge is 0.283 e. The molecule has 27 heavy (non-hydrogen) atoms. The van der Waals surface area contributed by atoms with Crippen LogP contribution in [0.1, 0.15) is 16.7 Å². The van der Waals surface area contributed by atoms with Crippen molar-refractivity contribution in [1.29, 1.82) is 5.41 Å². The maximum absolute atomic E-state index is 12.5. The average molecular weight is 393 g/mol. The summed E-state index contributed by atoms with van der Waals surface area (Å²) in [7, 11) is 0. The molecule has 2 aromatic rings. The maximum Gasteiger partial charge on any atom is 0.283 e. The van der Waals surface area contributed by atoms with Crippen LogP contribution >= 0.6 is 23.5 Å². The highest BCUT2D eigenvalue weighted by Crippen LogP contribution is 2.31. The van der Waals surface area contributed by atoms with Gasteiger partial charge in [0.05, 0.1) is 5.57 Å². The summed E-state index contributed by atoms with van der Waals surface area (Å²) in [5, 5.41) is 15.6. The Balaban J connectivity index is 1.66. The minimum Gasteiger partial charge on any atom is -0.282 e. The van der Waals surface area contributed by atoms with E-state index in [1.165, 1.54) is 16.8 Å². The summed E-state index contributed by atoms with van der Waals surface area (Å²) in [6, 6.07) is 15.8. The first kappa shape index (κ1) is 17.8. The molecule has 0 bridgehead atoms. The number of hydrazone groups is 1. The molecule has 0 atom stereocenters. The Hall–Kier alpha value is -2.64. The zero-order valence-corrected chi connectivity index (χ0v) is 16.4. The summed E-state index contributed by atoms with van der Waals surface area (Å²) in [5.74, 6) is -0.359. The lowest BCUT2D eigenvalue weighted by molar-refractivity contribution is -0.114. The Morgan fingerprint density at radius 3 is 2.67 bits per heavy atom. The smallest absolute Gasteiger partial charge is 0.282 e. The minimum atomic E-state index is -0.409. The van der Waals surface area contributed by atoms with Crippen molar-refractivity contribution in [3.05, 3.63) is 70.8 Å². The lowest BCUT2D eigenvalue weighted by Gasteiger charge is -2.20. The molecule has 0 aromatic heterocycles. The van der Waals surface area contributed by atoms with Crippen LogP contribution in [-0.4, -0.2) is 33.2 Å². The molecule has 0 unspecified atom stereocenters. The topological polar surface area (TPSA) is 68.9 Å². The summed E-state index contributed by atoms with van der Waals surface area (Å²) < 4.78 is 0. The van der Waals surface area contributed by atoms with Crippen molar-refractivity contribution in [3.63, 3.8) is 0 Å². The van der Waals surface area contributed by atoms with Gasteiger partial charge in [-0.05, 0) is 54.8 Å². The van der Waals surface area contributed by atoms with E-state index in [1.807, 2.05) is 61.7 Å². The number of hydrogen-bond acceptors (Lipinski definition) is 5. The Morgan fingerprint density at radius 2 is 1.96 bits per heavy atom. The molecule has 0 aliphatic carbocycles. The van der Waals surface area contributed by atoms with Gasteiger partial charge in [-0.25, -0.2) is 0 Å². The number of aryl methyl sites for hydroxylation is 1. The van der Waals surface area contributed by atoms with Gasteiger partial charge in [0, 0.05) is 10.5 Å². The first-order valence-electron chi connectivity index (χ1n) is 8.26. The van der Waals surface area contributed by atoms with Crippen LogP contribution in [0.4, 0.5) is 0 Å². The average Bonchev–Trinajstić information content (AvgIpc) is 3.10. The molecule has 0 saturated carbocycles. The number of amides is 1. The molecule has 2 aliphatic rings. The van der Waals surface area contributed by atoms with Crippen molar-refractivity contribution in [1.82, 2.24) is 5.01 Å². The molecule has 2 aliphatic heterocycles. The van der Waals surface area contributed by atoms with Gasteiger partial charge < -0.3 is 0 Å². The Morgan fingerprint density at radius 1 is 1.19 bits per heavy atom. The van der Waals surface area contributed by atoms with Gasteiger partial charge in [0.15, 0.2) is 5.84 Å². The lowest BCUT2D eigenvalue weighted by atomic mass is 10.1. The summed E-state index contributed by atoms with van der Waals surface area (Å²) in [4.78, 5) is 17.8. The number of rotatable bonds is 3. The number of carbonyl (C=O) groups is 1. The molecule has 2 aromatic carbocycles. The van der Waals surface area contributed by atoms with Crippen LogP contribution in [0.3, 0.4) is 0 Å². The van der Waals surface area contributed by atoms with E-state index in [2.05, 4.69) is 10.1 Å². The molecule has 0 radical (unpaired) electrons. The van der Waals surface area contributed by atoms with Crippen LogP contribution in [0.2, 0.25) is 0 Å². The molecule has 0 saturated heterocycles. The number of nitrogens with one attached hydrogen (secondary N) is 1. The highest BCUT2D eigenvalue weighted by Gasteiger charge is 2.35. The van der Waals surface area contributed by atoms with E-state index in [9.17, 15) is 4.79 Å². The molecule has 134 valence electrons. The SMILES string of the molecule is CSc1ccc(/C=C2\C(=N)N3N=C(c4cccc(C)c4)SC3=NC2=O)cc1. The van der Waals surface area contributed by atoms with E-state index < -0.39 is 5.91 Å². The molecule has 0 fully saturated rings. The van der Waals surface area contributed by atoms with Crippen LogP contribution in [0.5, 0.6) is 0 Å². The summed E-state index contributed by atoms with van der Waals surface area (Å²) in [5.41, 5.74) is 3.18. The van der Waals surface area contributed by atoms with Crippen LogP contribution in [0.15, 0.2) is 69.1 Å². The van der Waals surface area contributed by atoms with Crippen LogP contribution in [-0.2, 0) is 4.79 Å². The highest BCUT2D eigenvalue weighted by molar-refractivity contribution is 8.27. The second kappa shape index (κ2) is 7.17. The standard InChI is InChI=1S/C20H16N4OS2/c1-12-4-3-5-14(10-12)19-23-24-17(21)16(18(25)22-20(24)27-19)11-13-6-8-15(26-2)9-7-13/h3-11,21H,1-2H3/b16-11+,21-17?. The Bertz CT molecular complexity index is 1040. The summed E-state index contributed by atoms with van der Waals surface area (Å²) >= 11 is 2.97. The van der Waals surface area contributed by atoms with E-state index in [0.717, 1.165) is 26.6 Å². The van der Waals surface area contributed by atoms with Crippen LogP contribution in [0, 0.1) is 12.3 Å². The summed E-state index contributed by atoms with van der Waals surface area (Å²) in [6.45, 7) is 2.02. The van der Waals surface area contributed by atoms with Gasteiger partial charge in [-0.2, -0.15) is 15.1 Å². The van der Waals surface area contributed by atoms with E-state index in [4.69, 9.17) is 5.41 Å². The van der Waals surface area contributed by atoms with Crippen molar-refractivity contribution < 1.29 is 4.79 Å². The second-order valence-corrected chi connectivity index (χ2v) is 7.90. The van der Waals surface area contributed by atoms with Gasteiger partial charge in [0.1, 0.15) is 5.04 Å². The van der Waals surface area contributed by atoms with Crippen molar-refractivity contribution in [2.45, 2.75) is 11.8 Å². The molecule has 7 heteroatoms. The van der Waals surface area contributed by atoms with Crippen LogP contribution in [0.25, 0.3) is 6.08 Å². The quantitative estimate of drug-likeness (QED) is 0.621. The van der Waals surface area contributed by atoms with Gasteiger partial charge >= 0.3 is 0 Å². The Labute approximate surface area is 165 Å². The minimum absolute atomic E-state index is 0.0501. The molecule has 0 spiro atoms. The molecular formula is C20H16N4OS2. The number of benzene rings is 2. The number of hydrogen-bond donors (Lipinski definition) is 1. The highest BCUT2D eigenvalue weighted by atomic mass is 32.2. The van der Waals surface area contributed by atoms with E-state index >= 15 is 0 Å². The molecule has 4 rings (SSSR count). The first-order chi connectivity index (χ1) is 13.0. The third kappa shape index (κ3) is 3.48. The lowest BCUT2D eigenvalue weighted by Crippen LogP contribution is -2.35. The molecule has 5 nitrogen and oxygen atoms in total. The first-order valence-corrected chi connectivity index (χ1v) is 10.3. The van der Waals surface area contributed by atoms with Crippen molar-refractivity contribution in [2.75, 3.05) is 6.26 Å². The normalized spacial score (nSPS) is 17.9. The third-order valence-corrected chi connectivity index (χ3v) is 5.85. The predicted molar refractivity (Wildman–Crippen MR) is 114 cm³/mol. The van der Waals surface area contributed by atoms with Gasteiger partial charge in [0.25, 0.3) is 5.91 Å². The number of fused-ring (bicyclic) bond motifs is 1. The summed E-state index contributed by atoms with van der Waals surface area (Å²) in [6.07, 6.45) is 3.71. The van der Waals surface area contributed by atoms with Gasteiger partial charge in [-0.1, -0.05) is 35.9 Å². The fourth-order valence-corrected chi connectivity index (χ4v) is 4.05. The fraction of sp³-hybridized carbons (Fsp3) is 0.100. The molecule has 2 heterocycles. The van der Waals surface area contributed by atoms with E-state index in [1.54, 1.807) is 17.8 Å². The number of amidine groups is 2. The van der Waals surface area contributed by atoms with Crippen molar-refractivity contribution in [2.24, 2.45) is 10.1 Å². The Kier molecular flexibility index (Phi) is 4.72. The van der Waals surface area contributed by atoms with Gasteiger partial charge in [0.2, 0.25) is 5.17 Å². The molecule has 1 N–H and O–H groups in total. The van der Waals surface area contributed by atoms with E-state index in [-0.39, 0.29) is 11.4 Å². The predicted octanol–water partition coefficient (Wildman–Crippen LogP) is 4.38. The van der Waals surface area contributed by atoms with Gasteiger partial charge in [-0.15, -0.1) is 11.8 Å². The second-order valence-electron chi connectivity index (χ2n) is 6.07.